The minimum absolute atomic E-state index is 0.0431. The molecule has 1 aliphatic rings. The van der Waals surface area contributed by atoms with Crippen molar-refractivity contribution in [2.45, 2.75) is 52.6 Å². The third-order valence-corrected chi connectivity index (χ3v) is 7.02. The fourth-order valence-corrected chi connectivity index (χ4v) is 4.92. The molecule has 1 amide bonds. The van der Waals surface area contributed by atoms with Gasteiger partial charge in [-0.15, -0.1) is 0 Å². The summed E-state index contributed by atoms with van der Waals surface area (Å²) in [4.78, 5) is 37.2. The van der Waals surface area contributed by atoms with E-state index >= 15 is 0 Å². The first-order valence-electron chi connectivity index (χ1n) is 12.3. The molecule has 1 fully saturated rings. The number of carbonyl (C=O) groups excluding carboxylic acids is 2. The molecule has 1 aromatic carbocycles. The van der Waals surface area contributed by atoms with Gasteiger partial charge in [0.05, 0.1) is 17.3 Å². The van der Waals surface area contributed by atoms with Gasteiger partial charge in [0.1, 0.15) is 11.3 Å². The highest BCUT2D eigenvalue weighted by molar-refractivity contribution is 6.46. The number of rotatable bonds is 4. The number of benzene rings is 1. The lowest BCUT2D eigenvalue weighted by Gasteiger charge is -2.26. The summed E-state index contributed by atoms with van der Waals surface area (Å²) >= 11 is 0. The summed E-state index contributed by atoms with van der Waals surface area (Å²) in [6.45, 7) is 10.4. The standard InChI is InChI=1S/C30H30N4O3/c1-18-8-7-15-33-19(2)24(32-28(18)33)26(35)23-25(21-10-12-22(13-11-21)30(3,4)5)34(29(37)27(23)36)17-20-9-6-14-31-16-20/h6-16,25,35H,17H2,1-5H3. The van der Waals surface area contributed by atoms with Crippen molar-refractivity contribution in [1.82, 2.24) is 19.3 Å². The van der Waals surface area contributed by atoms with Gasteiger partial charge in [-0.05, 0) is 53.6 Å². The van der Waals surface area contributed by atoms with E-state index in [9.17, 15) is 14.7 Å². The molecular formula is C30H30N4O3. The van der Waals surface area contributed by atoms with Gasteiger partial charge in [-0.25, -0.2) is 4.98 Å². The molecule has 7 nitrogen and oxygen atoms in total. The Morgan fingerprint density at radius 3 is 2.38 bits per heavy atom. The number of ketones is 1. The van der Waals surface area contributed by atoms with E-state index < -0.39 is 17.7 Å². The normalized spacial score (nSPS) is 17.6. The lowest BCUT2D eigenvalue weighted by molar-refractivity contribution is -0.140. The van der Waals surface area contributed by atoms with Crippen LogP contribution >= 0.6 is 0 Å². The number of hydrogen-bond donors (Lipinski definition) is 1. The van der Waals surface area contributed by atoms with E-state index in [1.54, 1.807) is 18.5 Å². The molecule has 0 radical (unpaired) electrons. The molecule has 188 valence electrons. The van der Waals surface area contributed by atoms with Crippen molar-refractivity contribution in [2.24, 2.45) is 0 Å². The first-order valence-corrected chi connectivity index (χ1v) is 12.3. The van der Waals surface area contributed by atoms with Crippen molar-refractivity contribution in [3.63, 3.8) is 0 Å². The Kier molecular flexibility index (Phi) is 5.94. The Labute approximate surface area is 216 Å². The molecule has 0 saturated carbocycles. The molecule has 5 rings (SSSR count). The average Bonchev–Trinajstić information content (AvgIpc) is 3.34. The van der Waals surface area contributed by atoms with Gasteiger partial charge in [0, 0.05) is 25.1 Å². The fraction of sp³-hybridized carbons (Fsp3) is 0.267. The Morgan fingerprint density at radius 2 is 1.76 bits per heavy atom. The zero-order valence-electron chi connectivity index (χ0n) is 21.7. The van der Waals surface area contributed by atoms with Crippen LogP contribution in [0.3, 0.4) is 0 Å². The van der Waals surface area contributed by atoms with Gasteiger partial charge < -0.3 is 14.4 Å². The fourth-order valence-electron chi connectivity index (χ4n) is 4.92. The minimum atomic E-state index is -0.764. The van der Waals surface area contributed by atoms with Crippen LogP contribution in [0, 0.1) is 13.8 Å². The first kappa shape index (κ1) is 24.4. The number of amides is 1. The molecule has 1 aliphatic heterocycles. The van der Waals surface area contributed by atoms with Crippen LogP contribution in [0.15, 0.2) is 72.7 Å². The van der Waals surface area contributed by atoms with Crippen LogP contribution in [-0.2, 0) is 21.5 Å². The SMILES string of the molecule is Cc1cccn2c(C)c(C(O)=C3C(=O)C(=O)N(Cc4cccnc4)C3c3ccc(C(C)(C)C)cc3)nc12. The Hall–Kier alpha value is -4.26. The third kappa shape index (κ3) is 4.20. The Bertz CT molecular complexity index is 1540. The molecular weight excluding hydrogens is 464 g/mol. The molecule has 1 N–H and O–H groups in total. The molecule has 4 aromatic rings. The average molecular weight is 495 g/mol. The number of hydrogen-bond acceptors (Lipinski definition) is 5. The maximum Gasteiger partial charge on any atom is 0.295 e. The molecule has 7 heteroatoms. The van der Waals surface area contributed by atoms with Crippen molar-refractivity contribution in [3.05, 3.63) is 106 Å². The topological polar surface area (TPSA) is 87.8 Å². The van der Waals surface area contributed by atoms with Crippen molar-refractivity contribution in [3.8, 4) is 0 Å². The first-order chi connectivity index (χ1) is 17.6. The second kappa shape index (κ2) is 9.00. The number of Topliss-reactive ketones (excluding diaryl/α,β-unsaturated/α-hetero) is 1. The van der Waals surface area contributed by atoms with Crippen molar-refractivity contribution >= 4 is 23.1 Å². The summed E-state index contributed by atoms with van der Waals surface area (Å²) in [7, 11) is 0. The maximum absolute atomic E-state index is 13.5. The smallest absolute Gasteiger partial charge is 0.295 e. The van der Waals surface area contributed by atoms with Crippen molar-refractivity contribution in [2.75, 3.05) is 0 Å². The molecule has 0 bridgehead atoms. The largest absolute Gasteiger partial charge is 0.505 e. The second-order valence-corrected chi connectivity index (χ2v) is 10.6. The van der Waals surface area contributed by atoms with E-state index in [0.29, 0.717) is 17.0 Å². The number of likely N-dealkylation sites (tertiary alicyclic amines) is 1. The number of carbonyl (C=O) groups is 2. The number of fused-ring (bicyclic) bond motifs is 1. The number of nitrogens with zero attached hydrogens (tertiary/aromatic N) is 4. The lowest BCUT2D eigenvalue weighted by atomic mass is 9.85. The quantitative estimate of drug-likeness (QED) is 0.237. The number of aryl methyl sites for hydroxylation is 2. The molecule has 1 atom stereocenters. The van der Waals surface area contributed by atoms with Crippen molar-refractivity contribution < 1.29 is 14.7 Å². The van der Waals surface area contributed by atoms with Crippen LogP contribution in [0.2, 0.25) is 0 Å². The predicted octanol–water partition coefficient (Wildman–Crippen LogP) is 5.27. The molecule has 4 heterocycles. The van der Waals surface area contributed by atoms with Crippen LogP contribution in [0.5, 0.6) is 0 Å². The van der Waals surface area contributed by atoms with E-state index in [1.807, 2.05) is 66.9 Å². The van der Waals surface area contributed by atoms with Gasteiger partial charge in [-0.3, -0.25) is 14.6 Å². The molecule has 37 heavy (non-hydrogen) atoms. The number of aliphatic hydroxyl groups is 1. The number of pyridine rings is 2. The summed E-state index contributed by atoms with van der Waals surface area (Å²) < 4.78 is 1.88. The van der Waals surface area contributed by atoms with E-state index in [4.69, 9.17) is 0 Å². The number of imidazole rings is 1. The molecule has 1 saturated heterocycles. The Balaban J connectivity index is 1.69. The summed E-state index contributed by atoms with van der Waals surface area (Å²) in [5.41, 5.74) is 5.28. The van der Waals surface area contributed by atoms with E-state index in [1.165, 1.54) is 4.90 Å². The van der Waals surface area contributed by atoms with E-state index in [0.717, 1.165) is 22.3 Å². The van der Waals surface area contributed by atoms with E-state index in [2.05, 4.69) is 30.7 Å². The summed E-state index contributed by atoms with van der Waals surface area (Å²) in [5.74, 6) is -1.65. The summed E-state index contributed by atoms with van der Waals surface area (Å²) in [6, 6.07) is 14.6. The highest BCUT2D eigenvalue weighted by Gasteiger charge is 2.46. The third-order valence-electron chi connectivity index (χ3n) is 7.02. The van der Waals surface area contributed by atoms with Gasteiger partial charge in [0.25, 0.3) is 11.7 Å². The van der Waals surface area contributed by atoms with E-state index in [-0.39, 0.29) is 23.3 Å². The van der Waals surface area contributed by atoms with Crippen LogP contribution < -0.4 is 0 Å². The van der Waals surface area contributed by atoms with Gasteiger partial charge in [0.2, 0.25) is 0 Å². The summed E-state index contributed by atoms with van der Waals surface area (Å²) in [6.07, 6.45) is 5.20. The zero-order chi connectivity index (χ0) is 26.5. The summed E-state index contributed by atoms with van der Waals surface area (Å²) in [5, 5.41) is 11.6. The number of aliphatic hydroxyl groups excluding tert-OH is 1. The van der Waals surface area contributed by atoms with Crippen LogP contribution in [-0.4, -0.2) is 36.1 Å². The Morgan fingerprint density at radius 1 is 1.03 bits per heavy atom. The molecule has 1 unspecified atom stereocenters. The highest BCUT2D eigenvalue weighted by Crippen LogP contribution is 2.41. The van der Waals surface area contributed by atoms with Crippen LogP contribution in [0.25, 0.3) is 11.4 Å². The van der Waals surface area contributed by atoms with Gasteiger partial charge in [-0.2, -0.15) is 0 Å². The van der Waals surface area contributed by atoms with Crippen LogP contribution in [0.4, 0.5) is 0 Å². The monoisotopic (exact) mass is 494 g/mol. The predicted molar refractivity (Wildman–Crippen MR) is 142 cm³/mol. The molecule has 3 aromatic heterocycles. The zero-order valence-corrected chi connectivity index (χ0v) is 21.7. The number of aromatic nitrogens is 3. The highest BCUT2D eigenvalue weighted by atomic mass is 16.3. The van der Waals surface area contributed by atoms with Gasteiger partial charge in [0.15, 0.2) is 5.76 Å². The van der Waals surface area contributed by atoms with Crippen LogP contribution in [0.1, 0.15) is 60.5 Å². The maximum atomic E-state index is 13.5. The second-order valence-electron chi connectivity index (χ2n) is 10.6. The lowest BCUT2D eigenvalue weighted by Crippen LogP contribution is -2.29. The molecule has 0 spiro atoms. The van der Waals surface area contributed by atoms with Crippen molar-refractivity contribution in [1.29, 1.82) is 0 Å². The molecule has 0 aliphatic carbocycles. The minimum Gasteiger partial charge on any atom is -0.505 e. The van der Waals surface area contributed by atoms with Gasteiger partial charge in [-0.1, -0.05) is 57.2 Å². The van der Waals surface area contributed by atoms with Gasteiger partial charge >= 0.3 is 0 Å².